The number of aryl methyl sites for hydroxylation is 1. The Balaban J connectivity index is 1.76. The molecule has 0 aliphatic rings. The summed E-state index contributed by atoms with van der Waals surface area (Å²) in [5, 5.41) is 2.66. The zero-order valence-electron chi connectivity index (χ0n) is 13.1. The number of carbonyl (C=O) groups is 2. The van der Waals surface area contributed by atoms with Crippen molar-refractivity contribution >= 4 is 17.6 Å². The Kier molecular flexibility index (Phi) is 5.74. The van der Waals surface area contributed by atoms with Crippen LogP contribution in [0.15, 0.2) is 54.6 Å². The minimum absolute atomic E-state index is 0.352. The number of esters is 1. The molecule has 2 rings (SSSR count). The maximum Gasteiger partial charge on any atom is 0.347 e. The molecule has 0 aliphatic carbocycles. The highest BCUT2D eigenvalue weighted by Crippen LogP contribution is 2.11. The molecule has 1 amide bonds. The second kappa shape index (κ2) is 7.98. The maximum atomic E-state index is 11.8. The molecule has 1 N–H and O–H groups in total. The van der Waals surface area contributed by atoms with Gasteiger partial charge in [0.2, 0.25) is 0 Å². The van der Waals surface area contributed by atoms with Crippen LogP contribution in [0.1, 0.15) is 12.5 Å². The number of rotatable bonds is 6. The van der Waals surface area contributed by atoms with Gasteiger partial charge in [-0.3, -0.25) is 4.79 Å². The first-order valence-corrected chi connectivity index (χ1v) is 7.29. The lowest BCUT2D eigenvalue weighted by molar-refractivity contribution is -0.153. The third kappa shape index (κ3) is 5.47. The molecule has 0 spiro atoms. The molecule has 0 fully saturated rings. The number of ether oxygens (including phenoxy) is 2. The fourth-order valence-corrected chi connectivity index (χ4v) is 1.84. The molecule has 0 bridgehead atoms. The first kappa shape index (κ1) is 16.5. The molecule has 2 aromatic carbocycles. The molecule has 0 aromatic heterocycles. The van der Waals surface area contributed by atoms with Crippen LogP contribution in [0.3, 0.4) is 0 Å². The highest BCUT2D eigenvalue weighted by atomic mass is 16.6. The Bertz CT molecular complexity index is 652. The van der Waals surface area contributed by atoms with Gasteiger partial charge >= 0.3 is 5.97 Å². The number of hydrogen-bond donors (Lipinski definition) is 1. The van der Waals surface area contributed by atoms with Crippen LogP contribution in [0.5, 0.6) is 5.75 Å². The second-order valence-electron chi connectivity index (χ2n) is 5.10. The summed E-state index contributed by atoms with van der Waals surface area (Å²) in [6, 6.07) is 16.3. The SMILES string of the molecule is Cc1ccc(NC(=O)COC(=O)[C@@H](C)Oc2ccccc2)cc1. The molecule has 5 nitrogen and oxygen atoms in total. The van der Waals surface area contributed by atoms with E-state index < -0.39 is 18.0 Å². The topological polar surface area (TPSA) is 64.6 Å². The third-order valence-electron chi connectivity index (χ3n) is 3.07. The van der Waals surface area contributed by atoms with Crippen LogP contribution in [0.25, 0.3) is 0 Å². The van der Waals surface area contributed by atoms with Gasteiger partial charge in [-0.2, -0.15) is 0 Å². The molecule has 0 heterocycles. The Morgan fingerprint density at radius 2 is 1.70 bits per heavy atom. The van der Waals surface area contributed by atoms with Gasteiger partial charge in [-0.25, -0.2) is 4.79 Å². The van der Waals surface area contributed by atoms with Crippen LogP contribution < -0.4 is 10.1 Å². The lowest BCUT2D eigenvalue weighted by Gasteiger charge is -2.13. The van der Waals surface area contributed by atoms with Gasteiger partial charge in [-0.15, -0.1) is 0 Å². The molecular weight excluding hydrogens is 294 g/mol. The Hall–Kier alpha value is -2.82. The number of carbonyl (C=O) groups excluding carboxylic acids is 2. The normalized spacial score (nSPS) is 11.4. The average molecular weight is 313 g/mol. The van der Waals surface area contributed by atoms with Gasteiger partial charge in [0.25, 0.3) is 5.91 Å². The molecule has 0 radical (unpaired) electrons. The van der Waals surface area contributed by atoms with Crippen molar-refractivity contribution in [3.8, 4) is 5.75 Å². The van der Waals surface area contributed by atoms with Gasteiger partial charge in [-0.05, 0) is 38.1 Å². The van der Waals surface area contributed by atoms with Crippen molar-refractivity contribution in [1.82, 2.24) is 0 Å². The van der Waals surface area contributed by atoms with E-state index in [1.54, 1.807) is 31.2 Å². The predicted octanol–water partition coefficient (Wildman–Crippen LogP) is 2.94. The van der Waals surface area contributed by atoms with Crippen molar-refractivity contribution in [2.24, 2.45) is 0 Å². The van der Waals surface area contributed by atoms with Crippen molar-refractivity contribution in [2.45, 2.75) is 20.0 Å². The lowest BCUT2D eigenvalue weighted by atomic mass is 10.2. The van der Waals surface area contributed by atoms with Crippen LogP contribution >= 0.6 is 0 Å². The fourth-order valence-electron chi connectivity index (χ4n) is 1.84. The van der Waals surface area contributed by atoms with Crippen LogP contribution in [0.2, 0.25) is 0 Å². The smallest absolute Gasteiger partial charge is 0.347 e. The minimum Gasteiger partial charge on any atom is -0.479 e. The molecule has 0 saturated heterocycles. The van der Waals surface area contributed by atoms with E-state index in [0.717, 1.165) is 5.56 Å². The molecule has 23 heavy (non-hydrogen) atoms. The molecule has 0 aliphatic heterocycles. The van der Waals surface area contributed by atoms with E-state index >= 15 is 0 Å². The first-order chi connectivity index (χ1) is 11.0. The highest BCUT2D eigenvalue weighted by Gasteiger charge is 2.17. The largest absolute Gasteiger partial charge is 0.479 e. The van der Waals surface area contributed by atoms with Gasteiger partial charge in [0.15, 0.2) is 12.7 Å². The quantitative estimate of drug-likeness (QED) is 0.833. The van der Waals surface area contributed by atoms with E-state index in [2.05, 4.69) is 5.32 Å². The molecular formula is C18H19NO4. The number of nitrogens with one attached hydrogen (secondary N) is 1. The maximum absolute atomic E-state index is 11.8. The van der Waals surface area contributed by atoms with E-state index in [1.165, 1.54) is 0 Å². The molecule has 5 heteroatoms. The summed E-state index contributed by atoms with van der Waals surface area (Å²) >= 11 is 0. The summed E-state index contributed by atoms with van der Waals surface area (Å²) in [5.41, 5.74) is 1.76. The summed E-state index contributed by atoms with van der Waals surface area (Å²) in [4.78, 5) is 23.6. The zero-order chi connectivity index (χ0) is 16.7. The van der Waals surface area contributed by atoms with Crippen LogP contribution in [-0.4, -0.2) is 24.6 Å². The molecule has 0 unspecified atom stereocenters. The first-order valence-electron chi connectivity index (χ1n) is 7.29. The van der Waals surface area contributed by atoms with E-state index in [1.807, 2.05) is 37.3 Å². The van der Waals surface area contributed by atoms with Crippen LogP contribution in [-0.2, 0) is 14.3 Å². The number of amides is 1. The standard InChI is InChI=1S/C18H19NO4/c1-13-8-10-15(11-9-13)19-17(20)12-22-18(21)14(2)23-16-6-4-3-5-7-16/h3-11,14H,12H2,1-2H3,(H,19,20)/t14-/m1/s1. The van der Waals surface area contributed by atoms with Crippen molar-refractivity contribution in [3.63, 3.8) is 0 Å². The van der Waals surface area contributed by atoms with E-state index in [0.29, 0.717) is 11.4 Å². The lowest BCUT2D eigenvalue weighted by Crippen LogP contribution is -2.29. The molecule has 0 saturated carbocycles. The van der Waals surface area contributed by atoms with Gasteiger partial charge in [0, 0.05) is 5.69 Å². The van der Waals surface area contributed by atoms with Crippen molar-refractivity contribution in [3.05, 3.63) is 60.2 Å². The van der Waals surface area contributed by atoms with Gasteiger partial charge in [0.1, 0.15) is 5.75 Å². The predicted molar refractivity (Wildman–Crippen MR) is 87.3 cm³/mol. The van der Waals surface area contributed by atoms with Gasteiger partial charge < -0.3 is 14.8 Å². The summed E-state index contributed by atoms with van der Waals surface area (Å²) in [7, 11) is 0. The third-order valence-corrected chi connectivity index (χ3v) is 3.07. The monoisotopic (exact) mass is 313 g/mol. The number of para-hydroxylation sites is 1. The number of anilines is 1. The highest BCUT2D eigenvalue weighted by molar-refractivity contribution is 5.93. The zero-order valence-corrected chi connectivity index (χ0v) is 13.1. The Morgan fingerprint density at radius 3 is 2.35 bits per heavy atom. The summed E-state index contributed by atoms with van der Waals surface area (Å²) in [6.07, 6.45) is -0.787. The molecule has 1 atom stereocenters. The number of hydrogen-bond acceptors (Lipinski definition) is 4. The van der Waals surface area contributed by atoms with Crippen molar-refractivity contribution in [1.29, 1.82) is 0 Å². The Morgan fingerprint density at radius 1 is 1.04 bits per heavy atom. The summed E-state index contributed by atoms with van der Waals surface area (Å²) < 4.78 is 10.4. The van der Waals surface area contributed by atoms with Crippen LogP contribution in [0, 0.1) is 6.92 Å². The minimum atomic E-state index is -0.787. The van der Waals surface area contributed by atoms with Crippen LogP contribution in [0.4, 0.5) is 5.69 Å². The fraction of sp³-hybridized carbons (Fsp3) is 0.222. The van der Waals surface area contributed by atoms with Gasteiger partial charge in [-0.1, -0.05) is 35.9 Å². The van der Waals surface area contributed by atoms with E-state index in [-0.39, 0.29) is 6.61 Å². The number of benzene rings is 2. The second-order valence-corrected chi connectivity index (χ2v) is 5.10. The summed E-state index contributed by atoms with van der Waals surface area (Å²) in [6.45, 7) is 3.18. The molecule has 2 aromatic rings. The van der Waals surface area contributed by atoms with E-state index in [4.69, 9.17) is 9.47 Å². The van der Waals surface area contributed by atoms with Gasteiger partial charge in [0.05, 0.1) is 0 Å². The Labute approximate surface area is 135 Å². The van der Waals surface area contributed by atoms with Crippen molar-refractivity contribution in [2.75, 3.05) is 11.9 Å². The van der Waals surface area contributed by atoms with Crippen molar-refractivity contribution < 1.29 is 19.1 Å². The summed E-state index contributed by atoms with van der Waals surface area (Å²) in [5.74, 6) is -0.414. The molecule has 120 valence electrons. The van der Waals surface area contributed by atoms with E-state index in [9.17, 15) is 9.59 Å². The average Bonchev–Trinajstić information content (AvgIpc) is 2.55.